The summed E-state index contributed by atoms with van der Waals surface area (Å²) in [5.41, 5.74) is 1.81. The zero-order valence-corrected chi connectivity index (χ0v) is 13.6. The lowest BCUT2D eigenvalue weighted by Gasteiger charge is -2.23. The first kappa shape index (κ1) is 16.0. The third kappa shape index (κ3) is 3.84. The van der Waals surface area contributed by atoms with Crippen LogP contribution in [0.15, 0.2) is 28.8 Å². The molecule has 118 valence electrons. The molecule has 1 aromatic carbocycles. The van der Waals surface area contributed by atoms with Gasteiger partial charge in [0.2, 0.25) is 5.89 Å². The molecule has 6 heteroatoms. The fourth-order valence-electron chi connectivity index (χ4n) is 2.15. The zero-order chi connectivity index (χ0) is 16.3. The topological polar surface area (TPSA) is 80.0 Å². The van der Waals surface area contributed by atoms with Crippen molar-refractivity contribution in [2.24, 2.45) is 0 Å². The van der Waals surface area contributed by atoms with Crippen molar-refractivity contribution in [2.45, 2.75) is 46.1 Å². The maximum Gasteiger partial charge on any atom is 0.319 e. The minimum Gasteiger partial charge on any atom is -0.337 e. The average molecular weight is 302 g/mol. The Labute approximate surface area is 130 Å². The molecule has 22 heavy (non-hydrogen) atoms. The lowest BCUT2D eigenvalue weighted by molar-refractivity contribution is 0.245. The quantitative estimate of drug-likeness (QED) is 0.908. The number of benzene rings is 1. The smallest absolute Gasteiger partial charge is 0.319 e. The molecule has 1 heterocycles. The van der Waals surface area contributed by atoms with E-state index < -0.39 is 0 Å². The lowest BCUT2D eigenvalue weighted by atomic mass is 9.86. The number of rotatable bonds is 3. The largest absolute Gasteiger partial charge is 0.337 e. The van der Waals surface area contributed by atoms with Crippen molar-refractivity contribution in [1.29, 1.82) is 0 Å². The summed E-state index contributed by atoms with van der Waals surface area (Å²) in [6.07, 6.45) is 0. The molecular weight excluding hydrogens is 280 g/mol. The van der Waals surface area contributed by atoms with Gasteiger partial charge in [0.05, 0.1) is 0 Å². The Hall–Kier alpha value is -2.37. The molecule has 2 N–H and O–H groups in total. The highest BCUT2D eigenvalue weighted by atomic mass is 16.5. The van der Waals surface area contributed by atoms with Crippen LogP contribution < -0.4 is 10.6 Å². The summed E-state index contributed by atoms with van der Waals surface area (Å²) in [6, 6.07) is 7.11. The summed E-state index contributed by atoms with van der Waals surface area (Å²) in [4.78, 5) is 16.3. The molecule has 0 saturated carbocycles. The number of carbonyl (C=O) groups is 1. The molecule has 0 unspecified atom stereocenters. The van der Waals surface area contributed by atoms with Gasteiger partial charge in [-0.25, -0.2) is 4.79 Å². The monoisotopic (exact) mass is 302 g/mol. The highest BCUT2D eigenvalue weighted by molar-refractivity contribution is 5.90. The first-order chi connectivity index (χ1) is 10.3. The van der Waals surface area contributed by atoms with Gasteiger partial charge in [0, 0.05) is 5.69 Å². The van der Waals surface area contributed by atoms with E-state index in [1.54, 1.807) is 13.8 Å². The van der Waals surface area contributed by atoms with E-state index in [4.69, 9.17) is 4.52 Å². The van der Waals surface area contributed by atoms with E-state index in [1.807, 2.05) is 24.3 Å². The molecule has 0 saturated heterocycles. The van der Waals surface area contributed by atoms with Crippen LogP contribution in [0.2, 0.25) is 0 Å². The minimum absolute atomic E-state index is 0.0565. The predicted molar refractivity (Wildman–Crippen MR) is 84.7 cm³/mol. The van der Waals surface area contributed by atoms with E-state index in [0.717, 1.165) is 11.3 Å². The van der Waals surface area contributed by atoms with Crippen molar-refractivity contribution in [3.05, 3.63) is 41.5 Å². The molecule has 2 aromatic rings. The van der Waals surface area contributed by atoms with E-state index >= 15 is 0 Å². The van der Waals surface area contributed by atoms with E-state index in [1.165, 1.54) is 0 Å². The fraction of sp³-hybridized carbons (Fsp3) is 0.438. The molecular formula is C16H22N4O2. The molecule has 0 fully saturated rings. The molecule has 0 aliphatic heterocycles. The Morgan fingerprint density at radius 3 is 2.55 bits per heavy atom. The number of nitrogens with zero attached hydrogens (tertiary/aromatic N) is 2. The van der Waals surface area contributed by atoms with Gasteiger partial charge in [0.15, 0.2) is 5.82 Å². The SMILES string of the molecule is Cc1noc([C@H](C)NC(=O)Nc2ccccc2C(C)(C)C)n1. The third-order valence-corrected chi connectivity index (χ3v) is 3.24. The van der Waals surface area contributed by atoms with E-state index in [-0.39, 0.29) is 17.5 Å². The molecule has 2 rings (SSSR count). The van der Waals surface area contributed by atoms with Crippen LogP contribution >= 0.6 is 0 Å². The van der Waals surface area contributed by atoms with Crippen LogP contribution in [0.4, 0.5) is 10.5 Å². The van der Waals surface area contributed by atoms with Gasteiger partial charge < -0.3 is 15.2 Å². The second-order valence-corrected chi connectivity index (χ2v) is 6.30. The number of carbonyl (C=O) groups excluding carboxylic acids is 1. The number of hydrogen-bond donors (Lipinski definition) is 2. The number of urea groups is 1. The summed E-state index contributed by atoms with van der Waals surface area (Å²) >= 11 is 0. The van der Waals surface area contributed by atoms with E-state index in [0.29, 0.717) is 11.7 Å². The van der Waals surface area contributed by atoms with Crippen LogP contribution in [0.25, 0.3) is 0 Å². The van der Waals surface area contributed by atoms with E-state index in [2.05, 4.69) is 41.5 Å². The maximum absolute atomic E-state index is 12.2. The van der Waals surface area contributed by atoms with Gasteiger partial charge in [-0.3, -0.25) is 0 Å². The van der Waals surface area contributed by atoms with E-state index in [9.17, 15) is 4.79 Å². The number of amides is 2. The first-order valence-electron chi connectivity index (χ1n) is 7.24. The van der Waals surface area contributed by atoms with Crippen LogP contribution in [-0.2, 0) is 5.41 Å². The van der Waals surface area contributed by atoms with Crippen molar-refractivity contribution in [1.82, 2.24) is 15.5 Å². The molecule has 0 aliphatic carbocycles. The van der Waals surface area contributed by atoms with Gasteiger partial charge in [-0.15, -0.1) is 0 Å². The first-order valence-corrected chi connectivity index (χ1v) is 7.24. The maximum atomic E-state index is 12.2. The van der Waals surface area contributed by atoms with Crippen LogP contribution in [-0.4, -0.2) is 16.2 Å². The molecule has 0 spiro atoms. The van der Waals surface area contributed by atoms with Crippen molar-refractivity contribution in [2.75, 3.05) is 5.32 Å². The van der Waals surface area contributed by atoms with Crippen LogP contribution in [0.3, 0.4) is 0 Å². The van der Waals surface area contributed by atoms with Crippen LogP contribution in [0.1, 0.15) is 51.0 Å². The number of para-hydroxylation sites is 1. The summed E-state index contributed by atoms with van der Waals surface area (Å²) in [5, 5.41) is 9.39. The summed E-state index contributed by atoms with van der Waals surface area (Å²) in [7, 11) is 0. The Morgan fingerprint density at radius 2 is 1.95 bits per heavy atom. The minimum atomic E-state index is -0.358. The molecule has 0 aliphatic rings. The van der Waals surface area contributed by atoms with Crippen molar-refractivity contribution in [3.8, 4) is 0 Å². The number of aryl methyl sites for hydroxylation is 1. The average Bonchev–Trinajstić information content (AvgIpc) is 2.84. The Balaban J connectivity index is 2.07. The highest BCUT2D eigenvalue weighted by Gasteiger charge is 2.20. The van der Waals surface area contributed by atoms with Crippen LogP contribution in [0, 0.1) is 6.92 Å². The third-order valence-electron chi connectivity index (χ3n) is 3.24. The summed E-state index contributed by atoms with van der Waals surface area (Å²) in [6.45, 7) is 9.85. The Bertz CT molecular complexity index is 658. The van der Waals surface area contributed by atoms with Gasteiger partial charge in [0.25, 0.3) is 0 Å². The van der Waals surface area contributed by atoms with Gasteiger partial charge >= 0.3 is 6.03 Å². The predicted octanol–water partition coefficient (Wildman–Crippen LogP) is 3.56. The lowest BCUT2D eigenvalue weighted by Crippen LogP contribution is -2.32. The van der Waals surface area contributed by atoms with Crippen LogP contribution in [0.5, 0.6) is 0 Å². The second-order valence-electron chi connectivity index (χ2n) is 6.30. The van der Waals surface area contributed by atoms with Crippen molar-refractivity contribution < 1.29 is 9.32 Å². The van der Waals surface area contributed by atoms with Gasteiger partial charge in [-0.1, -0.05) is 44.1 Å². The normalized spacial score (nSPS) is 12.8. The number of anilines is 1. The Morgan fingerprint density at radius 1 is 1.27 bits per heavy atom. The van der Waals surface area contributed by atoms with Crippen molar-refractivity contribution in [3.63, 3.8) is 0 Å². The number of hydrogen-bond acceptors (Lipinski definition) is 4. The van der Waals surface area contributed by atoms with Gasteiger partial charge in [-0.05, 0) is 30.9 Å². The second kappa shape index (κ2) is 6.17. The molecule has 1 aromatic heterocycles. The molecule has 6 nitrogen and oxygen atoms in total. The standard InChI is InChI=1S/C16H22N4O2/c1-10(14-18-11(2)20-22-14)17-15(21)19-13-9-7-6-8-12(13)16(3,4)5/h6-10H,1-5H3,(H2,17,19,21)/t10-/m0/s1. The summed E-state index contributed by atoms with van der Waals surface area (Å²) < 4.78 is 5.05. The number of aromatic nitrogens is 2. The molecule has 1 atom stereocenters. The van der Waals surface area contributed by atoms with Gasteiger partial charge in [0.1, 0.15) is 6.04 Å². The van der Waals surface area contributed by atoms with Gasteiger partial charge in [-0.2, -0.15) is 4.98 Å². The molecule has 0 radical (unpaired) electrons. The summed E-state index contributed by atoms with van der Waals surface area (Å²) in [5.74, 6) is 0.930. The Kier molecular flexibility index (Phi) is 4.49. The zero-order valence-electron chi connectivity index (χ0n) is 13.6. The molecule has 2 amide bonds. The molecule has 0 bridgehead atoms. The number of nitrogens with one attached hydrogen (secondary N) is 2. The fourth-order valence-corrected chi connectivity index (χ4v) is 2.15. The highest BCUT2D eigenvalue weighted by Crippen LogP contribution is 2.29. The van der Waals surface area contributed by atoms with Crippen molar-refractivity contribution >= 4 is 11.7 Å².